The van der Waals surface area contributed by atoms with E-state index in [0.29, 0.717) is 28.3 Å². The van der Waals surface area contributed by atoms with E-state index in [4.69, 9.17) is 9.88 Å². The van der Waals surface area contributed by atoms with Crippen LogP contribution in [0.5, 0.6) is 5.75 Å². The summed E-state index contributed by atoms with van der Waals surface area (Å²) in [5.41, 5.74) is 2.54. The lowest BCUT2D eigenvalue weighted by atomic mass is 9.91. The number of sulfonamides is 1. The minimum atomic E-state index is -4.14. The lowest BCUT2D eigenvalue weighted by Crippen LogP contribution is -2.48. The van der Waals surface area contributed by atoms with E-state index in [1.807, 2.05) is 6.92 Å². The summed E-state index contributed by atoms with van der Waals surface area (Å²) >= 11 is 0. The maximum Gasteiger partial charge on any atom is 0.221 e. The molecule has 1 aromatic heterocycles. The molecule has 2 atom stereocenters. The van der Waals surface area contributed by atoms with Crippen LogP contribution in [0.3, 0.4) is 0 Å². The summed E-state index contributed by atoms with van der Waals surface area (Å²) in [4.78, 5) is 15.9. The molecule has 0 saturated heterocycles. The number of nitrogens with one attached hydrogen (secondary N) is 1. The summed E-state index contributed by atoms with van der Waals surface area (Å²) in [5.74, 6) is 0.450. The van der Waals surface area contributed by atoms with Gasteiger partial charge in [-0.25, -0.2) is 13.6 Å². The first-order valence-corrected chi connectivity index (χ1v) is 11.3. The molecule has 2 unspecified atom stereocenters. The van der Waals surface area contributed by atoms with E-state index in [0.717, 1.165) is 5.56 Å². The van der Waals surface area contributed by atoms with Gasteiger partial charge in [-0.05, 0) is 55.3 Å². The highest BCUT2D eigenvalue weighted by Crippen LogP contribution is 2.33. The van der Waals surface area contributed by atoms with Gasteiger partial charge in [0.15, 0.2) is 0 Å². The average molecular weight is 443 g/mol. The number of ketones is 1. The Labute approximate surface area is 181 Å². The van der Waals surface area contributed by atoms with Gasteiger partial charge in [-0.15, -0.1) is 0 Å². The first-order valence-electron chi connectivity index (χ1n) is 9.71. The van der Waals surface area contributed by atoms with Crippen LogP contribution in [0.4, 0.5) is 0 Å². The zero-order chi connectivity index (χ0) is 22.8. The van der Waals surface area contributed by atoms with E-state index in [1.165, 1.54) is 6.92 Å². The topological polar surface area (TPSA) is 122 Å². The Morgan fingerprint density at radius 1 is 1.16 bits per heavy atom. The molecule has 0 aliphatic heterocycles. The third kappa shape index (κ3) is 4.41. The summed E-state index contributed by atoms with van der Waals surface area (Å²) in [5, 5.41) is 16.4. The van der Waals surface area contributed by atoms with Crippen molar-refractivity contribution >= 4 is 15.8 Å². The molecule has 0 saturated carbocycles. The number of nitrogens with two attached hydrogens (primary N) is 1. The molecule has 0 aliphatic rings. The SMILES string of the molecule is COc1ccc(C(=O)c2ccc(CC(O)C(C)(c3ccccc3)S(N)(=O)=O)[nH]2)c(C)c1. The number of H-pyrrole nitrogens is 1. The Morgan fingerprint density at radius 2 is 1.84 bits per heavy atom. The van der Waals surface area contributed by atoms with Crippen LogP contribution in [0, 0.1) is 6.92 Å². The summed E-state index contributed by atoms with van der Waals surface area (Å²) < 4.78 is 28.3. The van der Waals surface area contributed by atoms with Gasteiger partial charge >= 0.3 is 0 Å². The van der Waals surface area contributed by atoms with Crippen LogP contribution in [0.15, 0.2) is 60.7 Å². The van der Waals surface area contributed by atoms with Gasteiger partial charge in [-0.2, -0.15) is 0 Å². The largest absolute Gasteiger partial charge is 0.497 e. The number of benzene rings is 2. The maximum absolute atomic E-state index is 12.9. The Balaban J connectivity index is 1.87. The number of aromatic nitrogens is 1. The number of aliphatic hydroxyl groups is 1. The maximum atomic E-state index is 12.9. The Bertz CT molecular complexity index is 1190. The van der Waals surface area contributed by atoms with E-state index in [-0.39, 0.29) is 12.2 Å². The van der Waals surface area contributed by atoms with Gasteiger partial charge in [0.1, 0.15) is 10.5 Å². The number of aryl methyl sites for hydroxylation is 1. The van der Waals surface area contributed by atoms with Crippen LogP contribution in [0.25, 0.3) is 0 Å². The van der Waals surface area contributed by atoms with E-state index in [9.17, 15) is 18.3 Å². The highest BCUT2D eigenvalue weighted by Gasteiger charge is 2.45. The lowest BCUT2D eigenvalue weighted by molar-refractivity contribution is 0.103. The first-order chi connectivity index (χ1) is 14.6. The molecule has 0 radical (unpaired) electrons. The van der Waals surface area contributed by atoms with Gasteiger partial charge < -0.3 is 14.8 Å². The lowest BCUT2D eigenvalue weighted by Gasteiger charge is -2.32. The van der Waals surface area contributed by atoms with Gasteiger partial charge in [0.25, 0.3) is 0 Å². The predicted molar refractivity (Wildman–Crippen MR) is 119 cm³/mol. The first kappa shape index (κ1) is 22.7. The molecule has 8 heteroatoms. The highest BCUT2D eigenvalue weighted by molar-refractivity contribution is 7.90. The molecule has 0 amide bonds. The van der Waals surface area contributed by atoms with Crippen LogP contribution in [0.1, 0.15) is 39.8 Å². The number of aliphatic hydroxyl groups excluding tert-OH is 1. The number of hydrogen-bond acceptors (Lipinski definition) is 5. The molecule has 3 rings (SSSR count). The molecule has 0 spiro atoms. The second-order valence-corrected chi connectivity index (χ2v) is 9.58. The Kier molecular flexibility index (Phi) is 6.35. The molecule has 0 aliphatic carbocycles. The number of carbonyl (C=O) groups is 1. The monoisotopic (exact) mass is 442 g/mol. The smallest absolute Gasteiger partial charge is 0.221 e. The van der Waals surface area contributed by atoms with Crippen molar-refractivity contribution in [2.75, 3.05) is 7.11 Å². The van der Waals surface area contributed by atoms with Gasteiger partial charge in [0.05, 0.1) is 18.9 Å². The van der Waals surface area contributed by atoms with Crippen molar-refractivity contribution in [2.45, 2.75) is 31.1 Å². The molecule has 31 heavy (non-hydrogen) atoms. The van der Waals surface area contributed by atoms with Crippen LogP contribution < -0.4 is 9.88 Å². The van der Waals surface area contributed by atoms with E-state index in [1.54, 1.807) is 67.8 Å². The quantitative estimate of drug-likeness (QED) is 0.463. The third-order valence-electron chi connectivity index (χ3n) is 5.66. The molecule has 0 fully saturated rings. The number of rotatable bonds is 8. The molecule has 4 N–H and O–H groups in total. The zero-order valence-corrected chi connectivity index (χ0v) is 18.4. The van der Waals surface area contributed by atoms with Crippen molar-refractivity contribution in [3.8, 4) is 5.75 Å². The summed E-state index contributed by atoms with van der Waals surface area (Å²) in [6.07, 6.45) is -1.37. The number of ether oxygens (including phenoxy) is 1. The molecule has 0 bridgehead atoms. The molecule has 7 nitrogen and oxygen atoms in total. The van der Waals surface area contributed by atoms with Crippen LogP contribution in [-0.4, -0.2) is 37.5 Å². The summed E-state index contributed by atoms with van der Waals surface area (Å²) in [6.45, 7) is 3.22. The van der Waals surface area contributed by atoms with E-state index < -0.39 is 20.9 Å². The fourth-order valence-electron chi connectivity index (χ4n) is 3.57. The fraction of sp³-hybridized carbons (Fsp3) is 0.261. The average Bonchev–Trinajstić information content (AvgIpc) is 3.20. The minimum absolute atomic E-state index is 0.0311. The third-order valence-corrected chi connectivity index (χ3v) is 7.35. The molecule has 1 heterocycles. The second kappa shape index (κ2) is 8.66. The second-order valence-electron chi connectivity index (χ2n) is 7.65. The van der Waals surface area contributed by atoms with Crippen molar-refractivity contribution in [2.24, 2.45) is 5.14 Å². The standard InChI is InChI=1S/C23H26N2O5S/c1-15-13-18(30-3)10-11-19(15)22(27)20-12-9-17(25-20)14-21(26)23(2,31(24,28)29)16-7-5-4-6-8-16/h4-13,21,25-26H,14H2,1-3H3,(H2,24,28,29). The van der Waals surface area contributed by atoms with Crippen molar-refractivity contribution in [1.29, 1.82) is 0 Å². The van der Waals surface area contributed by atoms with Crippen molar-refractivity contribution in [3.05, 3.63) is 88.7 Å². The van der Waals surface area contributed by atoms with Crippen molar-refractivity contribution in [3.63, 3.8) is 0 Å². The number of carbonyl (C=O) groups excluding carboxylic acids is 1. The minimum Gasteiger partial charge on any atom is -0.497 e. The summed E-state index contributed by atoms with van der Waals surface area (Å²) in [6, 6.07) is 16.8. The van der Waals surface area contributed by atoms with Crippen LogP contribution >= 0.6 is 0 Å². The molecule has 164 valence electrons. The van der Waals surface area contributed by atoms with Gasteiger partial charge in [-0.3, -0.25) is 4.79 Å². The normalized spacial score (nSPS) is 14.6. The highest BCUT2D eigenvalue weighted by atomic mass is 32.2. The predicted octanol–water partition coefficient (Wildman–Crippen LogP) is 2.67. The zero-order valence-electron chi connectivity index (χ0n) is 17.6. The summed E-state index contributed by atoms with van der Waals surface area (Å²) in [7, 11) is -2.59. The van der Waals surface area contributed by atoms with Gasteiger partial charge in [0, 0.05) is 17.7 Å². The fourth-order valence-corrected chi connectivity index (χ4v) is 4.50. The number of primary sulfonamides is 1. The van der Waals surface area contributed by atoms with Crippen LogP contribution in [-0.2, 0) is 21.2 Å². The number of methoxy groups -OCH3 is 1. The number of aromatic amines is 1. The van der Waals surface area contributed by atoms with Crippen molar-refractivity contribution in [1.82, 2.24) is 4.98 Å². The van der Waals surface area contributed by atoms with Crippen molar-refractivity contribution < 1.29 is 23.1 Å². The molecule has 3 aromatic rings. The molecular weight excluding hydrogens is 416 g/mol. The number of hydrogen-bond donors (Lipinski definition) is 3. The Morgan fingerprint density at radius 3 is 2.42 bits per heavy atom. The van der Waals surface area contributed by atoms with E-state index in [2.05, 4.69) is 4.98 Å². The van der Waals surface area contributed by atoms with Gasteiger partial charge in [0.2, 0.25) is 15.8 Å². The van der Waals surface area contributed by atoms with Gasteiger partial charge in [-0.1, -0.05) is 30.3 Å². The van der Waals surface area contributed by atoms with E-state index >= 15 is 0 Å². The Hall–Kier alpha value is -2.94. The molecule has 2 aromatic carbocycles. The van der Waals surface area contributed by atoms with Crippen LogP contribution in [0.2, 0.25) is 0 Å². The molecular formula is C23H26N2O5S.